The Kier molecular flexibility index (Phi) is 7.68. The van der Waals surface area contributed by atoms with Gasteiger partial charge in [0.2, 0.25) is 0 Å². The van der Waals surface area contributed by atoms with Crippen molar-refractivity contribution in [1.29, 1.82) is 0 Å². The number of aryl methyl sites for hydroxylation is 2. The molecular formula is C55H55N3O. The van der Waals surface area contributed by atoms with Crippen molar-refractivity contribution in [2.24, 2.45) is 0 Å². The van der Waals surface area contributed by atoms with Gasteiger partial charge in [0.15, 0.2) is 0 Å². The number of pyridine rings is 1. The number of para-hydroxylation sites is 1. The third kappa shape index (κ3) is 7.60. The van der Waals surface area contributed by atoms with E-state index in [1.54, 1.807) is 0 Å². The van der Waals surface area contributed by atoms with Crippen molar-refractivity contribution in [3.8, 4) is 67.5 Å². The zero-order valence-electron chi connectivity index (χ0n) is 44.4. The molecule has 59 heavy (non-hydrogen) atoms. The summed E-state index contributed by atoms with van der Waals surface area (Å²) in [6.45, 7) is 20.3. The molecule has 0 saturated heterocycles. The predicted molar refractivity (Wildman–Crippen MR) is 249 cm³/mol. The minimum absolute atomic E-state index is 0.0115. The molecule has 0 atom stereocenters. The van der Waals surface area contributed by atoms with Gasteiger partial charge in [-0.25, -0.2) is 4.98 Å². The molecule has 296 valence electrons. The van der Waals surface area contributed by atoms with Crippen molar-refractivity contribution in [1.82, 2.24) is 14.5 Å². The molecule has 4 nitrogen and oxygen atoms in total. The van der Waals surface area contributed by atoms with Gasteiger partial charge in [-0.3, -0.25) is 9.55 Å². The first-order chi connectivity index (χ1) is 31.7. The van der Waals surface area contributed by atoms with E-state index in [9.17, 15) is 7.85 Å². The second kappa shape index (κ2) is 15.2. The largest absolute Gasteiger partial charge is 0.507 e. The van der Waals surface area contributed by atoms with Crippen LogP contribution in [0.5, 0.6) is 5.75 Å². The molecular weight excluding hydrogens is 719 g/mol. The minimum Gasteiger partial charge on any atom is -0.507 e. The van der Waals surface area contributed by atoms with Crippen LogP contribution >= 0.6 is 0 Å². The van der Waals surface area contributed by atoms with Crippen molar-refractivity contribution in [3.05, 3.63) is 167 Å². The molecule has 2 aromatic heterocycles. The smallest absolute Gasteiger partial charge is 0.149 e. The lowest BCUT2D eigenvalue weighted by molar-refractivity contribution is 0.472. The summed E-state index contributed by atoms with van der Waals surface area (Å²) < 4.78 is 80.8. The van der Waals surface area contributed by atoms with Gasteiger partial charge in [-0.15, -0.1) is 0 Å². The molecule has 0 unspecified atom stereocenters. The molecule has 6 aromatic carbocycles. The summed E-state index contributed by atoms with van der Waals surface area (Å²) >= 11 is 0. The van der Waals surface area contributed by atoms with E-state index in [0.29, 0.717) is 33.6 Å². The van der Waals surface area contributed by atoms with Crippen molar-refractivity contribution >= 4 is 11.0 Å². The van der Waals surface area contributed by atoms with Crippen LogP contribution in [0.4, 0.5) is 0 Å². The quantitative estimate of drug-likeness (QED) is 0.175. The maximum Gasteiger partial charge on any atom is 0.149 e. The molecule has 8 aromatic rings. The number of phenols is 1. The van der Waals surface area contributed by atoms with Gasteiger partial charge in [0.25, 0.3) is 0 Å². The summed E-state index contributed by atoms with van der Waals surface area (Å²) in [6, 6.07) is 26.2. The van der Waals surface area contributed by atoms with Gasteiger partial charge in [0.05, 0.1) is 33.3 Å². The van der Waals surface area contributed by atoms with E-state index >= 15 is 0 Å². The number of aromatic hydroxyl groups is 1. The first-order valence-corrected chi connectivity index (χ1v) is 20.0. The van der Waals surface area contributed by atoms with Gasteiger partial charge in [0.1, 0.15) is 11.6 Å². The average Bonchev–Trinajstić information content (AvgIpc) is 3.67. The van der Waals surface area contributed by atoms with Crippen LogP contribution < -0.4 is 0 Å². The average molecular weight is 783 g/mol. The third-order valence-corrected chi connectivity index (χ3v) is 10.9. The zero-order chi connectivity index (χ0) is 49.7. The number of aromatic nitrogens is 3. The van der Waals surface area contributed by atoms with Gasteiger partial charge in [-0.2, -0.15) is 0 Å². The van der Waals surface area contributed by atoms with Crippen LogP contribution in [0.25, 0.3) is 72.7 Å². The maximum atomic E-state index is 11.8. The second-order valence-corrected chi connectivity index (χ2v) is 17.7. The molecule has 4 heteroatoms. The van der Waals surface area contributed by atoms with Crippen LogP contribution in [0.2, 0.25) is 0 Å². The summed E-state index contributed by atoms with van der Waals surface area (Å²) in [6.07, 6.45) is -0.512. The van der Waals surface area contributed by atoms with E-state index < -0.39 is 53.7 Å². The Morgan fingerprint density at radius 1 is 0.678 bits per heavy atom. The molecule has 8 rings (SSSR count). The number of imidazole rings is 1. The van der Waals surface area contributed by atoms with Crippen LogP contribution in [0, 0.1) is 13.8 Å². The summed E-state index contributed by atoms with van der Waals surface area (Å²) in [5.41, 5.74) is 9.73. The number of hydrogen-bond donors (Lipinski definition) is 1. The minimum atomic E-state index is -1.02. The second-order valence-electron chi connectivity index (χ2n) is 17.7. The van der Waals surface area contributed by atoms with Gasteiger partial charge in [-0.1, -0.05) is 140 Å². The molecule has 0 fully saturated rings. The van der Waals surface area contributed by atoms with Crippen molar-refractivity contribution in [2.45, 2.75) is 86.0 Å². The Balaban J connectivity index is 1.43. The highest BCUT2D eigenvalue weighted by molar-refractivity contribution is 5.97. The summed E-state index contributed by atoms with van der Waals surface area (Å²) in [5.74, 6) is -0.437. The normalized spacial score (nSPS) is 14.4. The number of fused-ring (bicyclic) bond motifs is 1. The van der Waals surface area contributed by atoms with Crippen molar-refractivity contribution in [3.63, 3.8) is 0 Å². The van der Waals surface area contributed by atoms with E-state index in [1.807, 2.05) is 99.0 Å². The highest BCUT2D eigenvalue weighted by Gasteiger charge is 2.25. The van der Waals surface area contributed by atoms with Crippen molar-refractivity contribution in [2.75, 3.05) is 0 Å². The Morgan fingerprint density at radius 2 is 1.41 bits per heavy atom. The Bertz CT molecular complexity index is 3340. The first kappa shape index (κ1) is 29.9. The summed E-state index contributed by atoms with van der Waals surface area (Å²) in [5, 5.41) is 11.8. The summed E-state index contributed by atoms with van der Waals surface area (Å²) in [4.78, 5) is 9.83. The number of benzene rings is 6. The Labute approximate surface area is 362 Å². The Morgan fingerprint density at radius 3 is 2.14 bits per heavy atom. The van der Waals surface area contributed by atoms with E-state index in [4.69, 9.17) is 14.6 Å². The van der Waals surface area contributed by atoms with Gasteiger partial charge in [0, 0.05) is 24.4 Å². The van der Waals surface area contributed by atoms with E-state index in [-0.39, 0.29) is 34.0 Å². The Hall–Kier alpha value is -6.26. The monoisotopic (exact) mass is 782 g/mol. The molecule has 0 radical (unpaired) electrons. The number of phenolic OH excluding ortho intramolecular Hbond substituents is 1. The van der Waals surface area contributed by atoms with Crippen LogP contribution in [-0.4, -0.2) is 19.6 Å². The number of rotatable bonds is 7. The fourth-order valence-electron chi connectivity index (χ4n) is 7.90. The molecule has 0 aliphatic carbocycles. The fraction of sp³-hybridized carbons (Fsp3) is 0.236. The lowest BCUT2D eigenvalue weighted by Gasteiger charge is -2.25. The van der Waals surface area contributed by atoms with E-state index in [2.05, 4.69) is 70.8 Å². The number of hydrogen-bond acceptors (Lipinski definition) is 3. The van der Waals surface area contributed by atoms with E-state index in [1.165, 1.54) is 5.56 Å². The molecule has 1 N–H and O–H groups in total. The summed E-state index contributed by atoms with van der Waals surface area (Å²) in [7, 11) is 0. The topological polar surface area (TPSA) is 50.9 Å². The van der Waals surface area contributed by atoms with Gasteiger partial charge >= 0.3 is 0 Å². The first-order valence-electron chi connectivity index (χ1n) is 24.5. The molecule has 2 heterocycles. The lowest BCUT2D eigenvalue weighted by atomic mass is 9.80. The molecule has 0 aliphatic heterocycles. The number of nitrogens with zero attached hydrogens (tertiary/aromatic N) is 3. The van der Waals surface area contributed by atoms with Crippen LogP contribution in [0.1, 0.15) is 101 Å². The van der Waals surface area contributed by atoms with Gasteiger partial charge < -0.3 is 5.11 Å². The highest BCUT2D eigenvalue weighted by atomic mass is 16.3. The van der Waals surface area contributed by atoms with Crippen molar-refractivity contribution < 1.29 is 17.4 Å². The highest BCUT2D eigenvalue weighted by Crippen LogP contribution is 2.43. The maximum absolute atomic E-state index is 11.8. The molecule has 0 amide bonds. The lowest BCUT2D eigenvalue weighted by Crippen LogP contribution is -2.13. The fourth-order valence-corrected chi connectivity index (χ4v) is 7.90. The van der Waals surface area contributed by atoms with E-state index in [0.717, 1.165) is 44.6 Å². The third-order valence-electron chi connectivity index (χ3n) is 10.9. The standard InChI is InChI=1S/C55H55N3O/c1-34(2)46-33-42(23-24-44(46)45-19-14-15-21-48(45)55(8,9)10)58-50-22-16-20-43(51(50)57-53(58)47-28-35(3)27-36(4)52(47)59)39-29-40(31-41(30-39)54(5,6)7)49-32-38(25-26-56-49)37-17-12-11-13-18-37/h11-34,59H,1-10H3/i11D,12D,13D,17D,18D,25D,26D,32D,34D. The van der Waals surface area contributed by atoms with Crippen LogP contribution in [0.15, 0.2) is 139 Å². The predicted octanol–water partition coefficient (Wildman–Crippen LogP) is 14.8. The SMILES string of the molecule is [2H]c1nc(-c2cc(-c3cccc4c3nc(-c3cc(C)cc(C)c3O)n4-c3ccc(-c4ccccc4C(C)(C)C)c(C([2H])(C)C)c3)cc(C(C)(C)C)c2)c([2H])c(-c2c([2H])c([2H])c([2H])c([2H])c2[2H])c1[2H]. The molecule has 0 saturated carbocycles. The van der Waals surface area contributed by atoms with Crippen LogP contribution in [0.3, 0.4) is 0 Å². The molecule has 0 spiro atoms. The van der Waals surface area contributed by atoms with Crippen LogP contribution in [-0.2, 0) is 10.8 Å². The van der Waals surface area contributed by atoms with Gasteiger partial charge in [-0.05, 0) is 135 Å². The molecule has 0 bridgehead atoms. The molecule has 0 aliphatic rings. The zero-order valence-corrected chi connectivity index (χ0v) is 35.4.